The van der Waals surface area contributed by atoms with Gasteiger partial charge in [0.15, 0.2) is 0 Å². The smallest absolute Gasteiger partial charge is 0.252 e. The van der Waals surface area contributed by atoms with Gasteiger partial charge in [-0.25, -0.2) is 4.98 Å². The normalized spacial score (nSPS) is 10.2. The number of nitrogens with one attached hydrogen (secondary N) is 1. The number of nitrogens with zero attached hydrogens (tertiary/aromatic N) is 3. The molecule has 2 aromatic rings. The van der Waals surface area contributed by atoms with Crippen LogP contribution in [0.15, 0.2) is 48.7 Å². The molecule has 1 heterocycles. The summed E-state index contributed by atoms with van der Waals surface area (Å²) in [5.74, 6) is 0.760. The van der Waals surface area contributed by atoms with Crippen LogP contribution >= 0.6 is 0 Å². The van der Waals surface area contributed by atoms with Gasteiger partial charge in [-0.2, -0.15) is 0 Å². The highest BCUT2D eigenvalue weighted by atomic mass is 16.1. The number of amides is 1. The second-order valence-electron chi connectivity index (χ2n) is 5.67. The Hall–Kier alpha value is -2.56. The lowest BCUT2D eigenvalue weighted by Crippen LogP contribution is -2.28. The van der Waals surface area contributed by atoms with Crippen LogP contribution in [0, 0.1) is 0 Å². The van der Waals surface area contributed by atoms with E-state index in [1.54, 1.807) is 12.3 Å². The molecule has 0 saturated heterocycles. The monoisotopic (exact) mass is 312 g/mol. The van der Waals surface area contributed by atoms with E-state index >= 15 is 0 Å². The maximum atomic E-state index is 12.1. The molecule has 0 aliphatic rings. The summed E-state index contributed by atoms with van der Waals surface area (Å²) in [4.78, 5) is 20.4. The van der Waals surface area contributed by atoms with E-state index in [-0.39, 0.29) is 5.91 Å². The van der Waals surface area contributed by atoms with Gasteiger partial charge >= 0.3 is 0 Å². The van der Waals surface area contributed by atoms with Gasteiger partial charge in [-0.3, -0.25) is 4.79 Å². The predicted octanol–water partition coefficient (Wildman–Crippen LogP) is 2.40. The SMILES string of the molecule is CN(C)c1ccc(C(=O)NCCCN(C)c2ccccc2)cn1. The topological polar surface area (TPSA) is 48.5 Å². The Balaban J connectivity index is 1.74. The van der Waals surface area contributed by atoms with E-state index < -0.39 is 0 Å². The number of pyridine rings is 1. The Morgan fingerprint density at radius 3 is 2.43 bits per heavy atom. The first-order chi connectivity index (χ1) is 11.1. The van der Waals surface area contributed by atoms with Crippen LogP contribution in [0.5, 0.6) is 0 Å². The van der Waals surface area contributed by atoms with Crippen molar-refractivity contribution >= 4 is 17.4 Å². The Kier molecular flexibility index (Phi) is 5.97. The van der Waals surface area contributed by atoms with Crippen molar-refractivity contribution in [3.63, 3.8) is 0 Å². The lowest BCUT2D eigenvalue weighted by molar-refractivity contribution is 0.0953. The van der Waals surface area contributed by atoms with Gasteiger partial charge in [0, 0.05) is 46.1 Å². The van der Waals surface area contributed by atoms with Gasteiger partial charge in [-0.05, 0) is 30.7 Å². The van der Waals surface area contributed by atoms with Crippen molar-refractivity contribution in [3.05, 3.63) is 54.2 Å². The molecule has 0 saturated carbocycles. The third kappa shape index (κ3) is 4.98. The molecule has 1 amide bonds. The molecule has 1 aromatic carbocycles. The number of anilines is 2. The number of rotatable bonds is 7. The lowest BCUT2D eigenvalue weighted by atomic mass is 10.2. The van der Waals surface area contributed by atoms with Crippen LogP contribution in [-0.4, -0.2) is 45.1 Å². The van der Waals surface area contributed by atoms with Crippen LogP contribution in [0.1, 0.15) is 16.8 Å². The number of para-hydroxylation sites is 1. The molecule has 0 radical (unpaired) electrons. The zero-order valence-corrected chi connectivity index (χ0v) is 14.0. The van der Waals surface area contributed by atoms with Gasteiger partial charge in [-0.1, -0.05) is 18.2 Å². The Labute approximate surface area is 137 Å². The van der Waals surface area contributed by atoms with Gasteiger partial charge in [0.1, 0.15) is 5.82 Å². The lowest BCUT2D eigenvalue weighted by Gasteiger charge is -2.19. The van der Waals surface area contributed by atoms with Gasteiger partial charge < -0.3 is 15.1 Å². The zero-order chi connectivity index (χ0) is 16.7. The predicted molar refractivity (Wildman–Crippen MR) is 95.2 cm³/mol. The first kappa shape index (κ1) is 16.8. The highest BCUT2D eigenvalue weighted by Gasteiger charge is 2.06. The summed E-state index contributed by atoms with van der Waals surface area (Å²) in [6.45, 7) is 1.54. The largest absolute Gasteiger partial charge is 0.375 e. The van der Waals surface area contributed by atoms with Crippen molar-refractivity contribution in [2.75, 3.05) is 44.0 Å². The van der Waals surface area contributed by atoms with Crippen LogP contribution in [0.4, 0.5) is 11.5 Å². The average Bonchev–Trinajstić information content (AvgIpc) is 2.59. The van der Waals surface area contributed by atoms with Crippen molar-refractivity contribution in [1.29, 1.82) is 0 Å². The minimum Gasteiger partial charge on any atom is -0.375 e. The molecule has 0 spiro atoms. The summed E-state index contributed by atoms with van der Waals surface area (Å²) in [6, 6.07) is 13.9. The molecule has 0 aliphatic carbocycles. The van der Waals surface area contributed by atoms with Gasteiger partial charge in [-0.15, -0.1) is 0 Å². The van der Waals surface area contributed by atoms with Crippen molar-refractivity contribution in [3.8, 4) is 0 Å². The fraction of sp³-hybridized carbons (Fsp3) is 0.333. The molecule has 0 atom stereocenters. The zero-order valence-electron chi connectivity index (χ0n) is 14.0. The number of carbonyl (C=O) groups is 1. The highest BCUT2D eigenvalue weighted by molar-refractivity contribution is 5.94. The fourth-order valence-corrected chi connectivity index (χ4v) is 2.22. The molecule has 1 N–H and O–H groups in total. The maximum absolute atomic E-state index is 12.1. The molecule has 122 valence electrons. The first-order valence-corrected chi connectivity index (χ1v) is 7.75. The van der Waals surface area contributed by atoms with E-state index in [0.29, 0.717) is 12.1 Å². The van der Waals surface area contributed by atoms with Gasteiger partial charge in [0.2, 0.25) is 0 Å². The van der Waals surface area contributed by atoms with E-state index in [4.69, 9.17) is 0 Å². The summed E-state index contributed by atoms with van der Waals surface area (Å²) in [5, 5.41) is 2.94. The molecular formula is C18H24N4O. The highest BCUT2D eigenvalue weighted by Crippen LogP contribution is 2.11. The molecule has 23 heavy (non-hydrogen) atoms. The van der Waals surface area contributed by atoms with Crippen molar-refractivity contribution < 1.29 is 4.79 Å². The first-order valence-electron chi connectivity index (χ1n) is 7.75. The Morgan fingerprint density at radius 1 is 1.09 bits per heavy atom. The molecule has 2 rings (SSSR count). The van der Waals surface area contributed by atoms with Crippen molar-refractivity contribution in [2.24, 2.45) is 0 Å². The second kappa shape index (κ2) is 8.17. The van der Waals surface area contributed by atoms with E-state index in [1.807, 2.05) is 43.3 Å². The van der Waals surface area contributed by atoms with E-state index in [0.717, 1.165) is 18.8 Å². The maximum Gasteiger partial charge on any atom is 0.252 e. The minimum atomic E-state index is -0.0785. The Morgan fingerprint density at radius 2 is 1.83 bits per heavy atom. The third-order valence-corrected chi connectivity index (χ3v) is 3.62. The molecule has 0 bridgehead atoms. The van der Waals surface area contributed by atoms with Gasteiger partial charge in [0.05, 0.1) is 5.56 Å². The summed E-state index contributed by atoms with van der Waals surface area (Å²) in [7, 11) is 5.90. The summed E-state index contributed by atoms with van der Waals surface area (Å²) >= 11 is 0. The number of hydrogen-bond donors (Lipinski definition) is 1. The van der Waals surface area contributed by atoms with Crippen molar-refractivity contribution in [1.82, 2.24) is 10.3 Å². The molecule has 1 aromatic heterocycles. The molecule has 5 heteroatoms. The molecule has 0 fully saturated rings. The third-order valence-electron chi connectivity index (χ3n) is 3.62. The van der Waals surface area contributed by atoms with Crippen LogP contribution in [0.3, 0.4) is 0 Å². The number of benzene rings is 1. The second-order valence-corrected chi connectivity index (χ2v) is 5.67. The number of aromatic nitrogens is 1. The Bertz CT molecular complexity index is 611. The molecule has 0 aliphatic heterocycles. The van der Waals surface area contributed by atoms with Gasteiger partial charge in [0.25, 0.3) is 5.91 Å². The molecule has 5 nitrogen and oxygen atoms in total. The van der Waals surface area contributed by atoms with Crippen molar-refractivity contribution in [2.45, 2.75) is 6.42 Å². The van der Waals surface area contributed by atoms with Crippen LogP contribution in [-0.2, 0) is 0 Å². The van der Waals surface area contributed by atoms with E-state index in [1.165, 1.54) is 5.69 Å². The fourth-order valence-electron chi connectivity index (χ4n) is 2.22. The molecular weight excluding hydrogens is 288 g/mol. The van der Waals surface area contributed by atoms with Crippen LogP contribution < -0.4 is 15.1 Å². The average molecular weight is 312 g/mol. The van der Waals surface area contributed by atoms with Crippen LogP contribution in [0.25, 0.3) is 0 Å². The summed E-state index contributed by atoms with van der Waals surface area (Å²) in [5.41, 5.74) is 1.77. The standard InChI is InChI=1S/C18H24N4O/c1-21(2)17-11-10-15(14-20-17)18(23)19-12-7-13-22(3)16-8-5-4-6-9-16/h4-6,8-11,14H,7,12-13H2,1-3H3,(H,19,23). The quantitative estimate of drug-likeness (QED) is 0.798. The summed E-state index contributed by atoms with van der Waals surface area (Å²) in [6.07, 6.45) is 2.50. The molecule has 0 unspecified atom stereocenters. The summed E-state index contributed by atoms with van der Waals surface area (Å²) < 4.78 is 0. The number of carbonyl (C=O) groups excluding carboxylic acids is 1. The van der Waals surface area contributed by atoms with Crippen LogP contribution in [0.2, 0.25) is 0 Å². The number of hydrogen-bond acceptors (Lipinski definition) is 4. The van der Waals surface area contributed by atoms with E-state index in [2.05, 4.69) is 34.4 Å². The van der Waals surface area contributed by atoms with E-state index in [9.17, 15) is 4.79 Å². The minimum absolute atomic E-state index is 0.0785.